The smallest absolute Gasteiger partial charge is 0.0889 e. The summed E-state index contributed by atoms with van der Waals surface area (Å²) in [6.45, 7) is 0. The molecule has 0 aromatic carbocycles. The van der Waals surface area contributed by atoms with E-state index in [4.69, 9.17) is 0 Å². The van der Waals surface area contributed by atoms with Crippen molar-refractivity contribution in [3.63, 3.8) is 0 Å². The van der Waals surface area contributed by atoms with Crippen molar-refractivity contribution >= 4 is 17.4 Å². The molecule has 0 atom stereocenters. The maximum absolute atomic E-state index is 4.15. The van der Waals surface area contributed by atoms with Crippen LogP contribution in [0.1, 0.15) is 0 Å². The van der Waals surface area contributed by atoms with Crippen LogP contribution < -0.4 is 0 Å². The van der Waals surface area contributed by atoms with Gasteiger partial charge in [0.25, 0.3) is 0 Å². The molecule has 0 rings (SSSR count). The van der Waals surface area contributed by atoms with E-state index in [1.54, 1.807) is 0 Å². The summed E-state index contributed by atoms with van der Waals surface area (Å²) in [5.41, 5.74) is 0. The van der Waals surface area contributed by atoms with E-state index in [1.165, 1.54) is 7.05 Å². The molecule has 0 aliphatic heterocycles. The minimum absolute atomic E-state index is 1.51. The molecule has 3 nitrogen and oxygen atoms in total. The quantitative estimate of drug-likeness (QED) is 0.211. The van der Waals surface area contributed by atoms with Gasteiger partial charge in [0.1, 0.15) is 0 Å². The number of nitrogens with zero attached hydrogens (tertiary/aromatic N) is 3. The van der Waals surface area contributed by atoms with Crippen LogP contribution in [0.2, 0.25) is 0 Å². The summed E-state index contributed by atoms with van der Waals surface area (Å²) < 4.78 is 0. The summed E-state index contributed by atoms with van der Waals surface area (Å²) in [6.07, 6.45) is 0. The van der Waals surface area contributed by atoms with Gasteiger partial charge in [-0.1, -0.05) is 5.10 Å². The molecule has 32 valence electrons. The van der Waals surface area contributed by atoms with Gasteiger partial charge in [0, 0.05) is 0 Å². The maximum atomic E-state index is 4.15. The molecule has 0 N–H and O–H groups in total. The minimum Gasteiger partial charge on any atom is -0.172 e. The average Bonchev–Trinajstić information content (AvgIpc) is 1.61. The van der Waals surface area contributed by atoms with Gasteiger partial charge in [-0.3, -0.25) is 0 Å². The Morgan fingerprint density at radius 3 is 2.50 bits per heavy atom. The van der Waals surface area contributed by atoms with Gasteiger partial charge in [-0.2, -0.15) is 5.11 Å². The zero-order chi connectivity index (χ0) is 4.83. The Labute approximate surface area is 40.8 Å². The predicted octanol–water partition coefficient (Wildman–Crippen LogP) is 1.09. The molecular formula is C2H3N3S. The molecule has 0 spiro atoms. The summed E-state index contributed by atoms with van der Waals surface area (Å²) in [5.74, 6) is 0. The van der Waals surface area contributed by atoms with Crippen molar-refractivity contribution < 1.29 is 0 Å². The summed E-state index contributed by atoms with van der Waals surface area (Å²) in [6, 6.07) is 0. The van der Waals surface area contributed by atoms with Crippen LogP contribution in [-0.2, 0) is 0 Å². The van der Waals surface area contributed by atoms with E-state index in [0.29, 0.717) is 0 Å². The average molecular weight is 101 g/mol. The maximum Gasteiger partial charge on any atom is 0.0889 e. The van der Waals surface area contributed by atoms with Crippen LogP contribution >= 0.6 is 12.2 Å². The van der Waals surface area contributed by atoms with Crippen molar-refractivity contribution in [2.24, 2.45) is 15.4 Å². The van der Waals surface area contributed by atoms with Gasteiger partial charge < -0.3 is 0 Å². The van der Waals surface area contributed by atoms with Crippen LogP contribution in [0.25, 0.3) is 0 Å². The molecule has 0 heterocycles. The highest BCUT2D eigenvalue weighted by atomic mass is 32.1. The lowest BCUT2D eigenvalue weighted by Gasteiger charge is -1.57. The lowest BCUT2D eigenvalue weighted by molar-refractivity contribution is 1.03. The molecule has 0 bridgehead atoms. The first-order valence-corrected chi connectivity index (χ1v) is 1.68. The lowest BCUT2D eigenvalue weighted by Crippen LogP contribution is -1.42. The standard InChI is InChI=1S/C2H3N3S/c1-3-5-4-2-6/h1H3. The number of hydrogen-bond donors (Lipinski definition) is 0. The van der Waals surface area contributed by atoms with Crippen LogP contribution in [0.4, 0.5) is 0 Å². The fraction of sp³-hybridized carbons (Fsp3) is 0.500. The Morgan fingerprint density at radius 2 is 2.33 bits per heavy atom. The van der Waals surface area contributed by atoms with Gasteiger partial charge in [0.15, 0.2) is 0 Å². The molecule has 0 fully saturated rings. The minimum atomic E-state index is 1.51. The van der Waals surface area contributed by atoms with Gasteiger partial charge in [-0.15, -0.1) is 0 Å². The number of isothiocyanates is 1. The Hall–Kier alpha value is -0.600. The molecule has 0 aromatic rings. The van der Waals surface area contributed by atoms with E-state index in [1.807, 2.05) is 5.16 Å². The first kappa shape index (κ1) is 5.40. The van der Waals surface area contributed by atoms with Gasteiger partial charge >= 0.3 is 0 Å². The Morgan fingerprint density at radius 1 is 1.67 bits per heavy atom. The highest BCUT2D eigenvalue weighted by Gasteiger charge is 1.46. The second-order valence-corrected chi connectivity index (χ2v) is 0.663. The Bertz CT molecular complexity index is 91.0. The molecule has 0 saturated heterocycles. The molecule has 0 amide bonds. The van der Waals surface area contributed by atoms with Crippen molar-refractivity contribution in [3.8, 4) is 0 Å². The molecule has 0 radical (unpaired) electrons. The second kappa shape index (κ2) is 4.40. The molecule has 6 heavy (non-hydrogen) atoms. The Balaban J connectivity index is 3.33. The van der Waals surface area contributed by atoms with Gasteiger partial charge in [-0.05, 0) is 17.4 Å². The number of hydrogen-bond acceptors (Lipinski definition) is 3. The van der Waals surface area contributed by atoms with Gasteiger partial charge in [0.05, 0.1) is 12.2 Å². The first-order valence-electron chi connectivity index (χ1n) is 1.27. The van der Waals surface area contributed by atoms with Crippen molar-refractivity contribution in [3.05, 3.63) is 0 Å². The highest BCUT2D eigenvalue weighted by molar-refractivity contribution is 7.78. The molecule has 0 aromatic heterocycles. The fourth-order valence-corrected chi connectivity index (χ4v) is 0.0995. The van der Waals surface area contributed by atoms with Crippen LogP contribution in [-0.4, -0.2) is 12.2 Å². The monoisotopic (exact) mass is 101 g/mol. The Kier molecular flexibility index (Phi) is 3.96. The molecule has 4 heteroatoms. The molecular weight excluding hydrogens is 98.1 g/mol. The molecule has 0 unspecified atom stereocenters. The van der Waals surface area contributed by atoms with Crippen molar-refractivity contribution in [1.29, 1.82) is 0 Å². The van der Waals surface area contributed by atoms with Crippen molar-refractivity contribution in [2.75, 3.05) is 7.05 Å². The van der Waals surface area contributed by atoms with E-state index in [-0.39, 0.29) is 0 Å². The summed E-state index contributed by atoms with van der Waals surface area (Å²) in [5, 5.41) is 11.5. The highest BCUT2D eigenvalue weighted by Crippen LogP contribution is 1.64. The molecule has 0 aliphatic rings. The topological polar surface area (TPSA) is 37.1 Å². The summed E-state index contributed by atoms with van der Waals surface area (Å²) in [7, 11) is 1.51. The van der Waals surface area contributed by atoms with Gasteiger partial charge in [-0.25, -0.2) is 0 Å². The first-order chi connectivity index (χ1) is 2.91. The number of thiocarbonyl (C=S) groups is 1. The van der Waals surface area contributed by atoms with Crippen LogP contribution in [0.5, 0.6) is 0 Å². The third-order valence-electron chi connectivity index (χ3n) is 0.175. The largest absolute Gasteiger partial charge is 0.172 e. The normalized spacial score (nSPS) is 8.17. The third-order valence-corrected chi connectivity index (χ3v) is 0.257. The molecule has 0 aliphatic carbocycles. The zero-order valence-electron chi connectivity index (χ0n) is 3.25. The molecule has 0 saturated carbocycles. The SMILES string of the molecule is CN=NN=C=S. The van der Waals surface area contributed by atoms with Crippen molar-refractivity contribution in [2.45, 2.75) is 0 Å². The van der Waals surface area contributed by atoms with Crippen LogP contribution in [0.15, 0.2) is 15.4 Å². The second-order valence-electron chi connectivity index (χ2n) is 0.481. The van der Waals surface area contributed by atoms with E-state index in [2.05, 4.69) is 27.7 Å². The van der Waals surface area contributed by atoms with E-state index in [9.17, 15) is 0 Å². The fourth-order valence-electron chi connectivity index (χ4n) is 0.0630. The lowest BCUT2D eigenvalue weighted by atomic mass is 11.5. The summed E-state index contributed by atoms with van der Waals surface area (Å²) in [4.78, 5) is 0. The third kappa shape index (κ3) is 3.40. The zero-order valence-corrected chi connectivity index (χ0v) is 4.07. The predicted molar refractivity (Wildman–Crippen MR) is 25.8 cm³/mol. The van der Waals surface area contributed by atoms with E-state index in [0.717, 1.165) is 0 Å². The van der Waals surface area contributed by atoms with Gasteiger partial charge in [0.2, 0.25) is 0 Å². The van der Waals surface area contributed by atoms with Crippen LogP contribution in [0, 0.1) is 0 Å². The van der Waals surface area contributed by atoms with Crippen molar-refractivity contribution in [1.82, 2.24) is 0 Å². The van der Waals surface area contributed by atoms with E-state index >= 15 is 0 Å². The summed E-state index contributed by atoms with van der Waals surface area (Å²) >= 11 is 4.15. The van der Waals surface area contributed by atoms with Crippen LogP contribution in [0.3, 0.4) is 0 Å². The number of rotatable bonds is 1. The van der Waals surface area contributed by atoms with E-state index < -0.39 is 0 Å².